The van der Waals surface area contributed by atoms with Crippen molar-refractivity contribution in [3.63, 3.8) is 0 Å². The van der Waals surface area contributed by atoms with Crippen molar-refractivity contribution in [2.24, 2.45) is 0 Å². The molecule has 1 heterocycles. The minimum absolute atomic E-state index is 0.408. The number of aliphatic hydroxyl groups is 4. The molecule has 6 atom stereocenters. The fourth-order valence-electron chi connectivity index (χ4n) is 5.53. The van der Waals surface area contributed by atoms with Crippen LogP contribution < -0.4 is 0 Å². The number of rotatable bonds is 13. The van der Waals surface area contributed by atoms with Gasteiger partial charge in [0.1, 0.15) is 42.9 Å². The molecule has 4 aromatic rings. The highest BCUT2D eigenvalue weighted by molar-refractivity contribution is 5.83. The number of hydrogen-bond acceptors (Lipinski definition) is 10. The summed E-state index contributed by atoms with van der Waals surface area (Å²) in [5, 5.41) is 40.5. The van der Waals surface area contributed by atoms with Crippen molar-refractivity contribution in [2.45, 2.75) is 48.6 Å². The summed E-state index contributed by atoms with van der Waals surface area (Å²) in [6.07, 6.45) is -8.77. The van der Waals surface area contributed by atoms with E-state index in [4.69, 9.17) is 18.9 Å². The lowest BCUT2D eigenvalue weighted by Crippen LogP contribution is -2.59. The van der Waals surface area contributed by atoms with Crippen molar-refractivity contribution in [3.8, 4) is 0 Å². The van der Waals surface area contributed by atoms with Gasteiger partial charge < -0.3 is 39.4 Å². The van der Waals surface area contributed by atoms with E-state index in [2.05, 4.69) is 0 Å². The summed E-state index contributed by atoms with van der Waals surface area (Å²) in [5.74, 6) is -2.80. The van der Waals surface area contributed by atoms with Crippen molar-refractivity contribution in [1.82, 2.24) is 0 Å². The fourth-order valence-corrected chi connectivity index (χ4v) is 5.53. The van der Waals surface area contributed by atoms with Gasteiger partial charge in [0.2, 0.25) is 0 Å². The zero-order valence-corrected chi connectivity index (χ0v) is 25.5. The topological polar surface area (TPSA) is 152 Å². The largest absolute Gasteiger partial charge is 0.461 e. The van der Waals surface area contributed by atoms with Gasteiger partial charge in [0, 0.05) is 0 Å². The Morgan fingerprint density at radius 3 is 1.45 bits per heavy atom. The highest BCUT2D eigenvalue weighted by Gasteiger charge is 2.44. The molecule has 4 aromatic carbocycles. The van der Waals surface area contributed by atoms with Crippen LogP contribution >= 0.6 is 0 Å². The molecule has 0 spiro atoms. The fraction of sp³-hybridized carbons (Fsp3) is 0.297. The van der Waals surface area contributed by atoms with E-state index in [1.54, 1.807) is 0 Å². The highest BCUT2D eigenvalue weighted by Crippen LogP contribution is 2.29. The van der Waals surface area contributed by atoms with E-state index in [0.717, 1.165) is 0 Å². The van der Waals surface area contributed by atoms with Crippen molar-refractivity contribution in [2.75, 3.05) is 19.8 Å². The molecule has 1 aliphatic heterocycles. The predicted octanol–water partition coefficient (Wildman–Crippen LogP) is 2.92. The van der Waals surface area contributed by atoms with E-state index in [9.17, 15) is 30.0 Å². The molecule has 0 amide bonds. The van der Waals surface area contributed by atoms with Gasteiger partial charge in [0.15, 0.2) is 12.4 Å². The Morgan fingerprint density at radius 2 is 1.02 bits per heavy atom. The summed E-state index contributed by atoms with van der Waals surface area (Å²) >= 11 is 0. The second-order valence-electron chi connectivity index (χ2n) is 11.2. The van der Waals surface area contributed by atoms with Gasteiger partial charge in [-0.15, -0.1) is 0 Å². The summed E-state index contributed by atoms with van der Waals surface area (Å²) in [5.41, 5.74) is 2.79. The standard InChI is InChI=1S/C37H38O10/c38-21-29-32(39)33(40)34(41)37(47-29)45-23-28(46-36(43)31(26-17-9-3-10-18-26)27-19-11-4-12-20-27)22-44-35(42)30(24-13-5-1-6-14-24)25-15-7-2-8-16-25/h1-20,28-34,37-41H,21-23H2/t28-,29-,32+,33+,34-,37-/m1/s1. The summed E-state index contributed by atoms with van der Waals surface area (Å²) in [7, 11) is 0. The van der Waals surface area contributed by atoms with Gasteiger partial charge in [-0.2, -0.15) is 0 Å². The van der Waals surface area contributed by atoms with Crippen molar-refractivity contribution >= 4 is 11.9 Å². The summed E-state index contributed by atoms with van der Waals surface area (Å²) < 4.78 is 22.9. The monoisotopic (exact) mass is 642 g/mol. The van der Waals surface area contributed by atoms with Crippen LogP contribution in [0.2, 0.25) is 0 Å². The van der Waals surface area contributed by atoms with Crippen molar-refractivity contribution in [3.05, 3.63) is 144 Å². The second kappa shape index (κ2) is 16.4. The summed E-state index contributed by atoms with van der Waals surface area (Å²) in [6, 6.07) is 36.4. The molecule has 47 heavy (non-hydrogen) atoms. The first-order chi connectivity index (χ1) is 22.9. The molecular formula is C37H38O10. The van der Waals surface area contributed by atoms with Crippen LogP contribution in [0.3, 0.4) is 0 Å². The number of carbonyl (C=O) groups is 2. The van der Waals surface area contributed by atoms with Crippen LogP contribution in [0.25, 0.3) is 0 Å². The molecule has 0 aromatic heterocycles. The smallest absolute Gasteiger partial charge is 0.318 e. The average molecular weight is 643 g/mol. The van der Waals surface area contributed by atoms with Crippen molar-refractivity contribution in [1.29, 1.82) is 0 Å². The molecule has 1 saturated heterocycles. The first-order valence-corrected chi connectivity index (χ1v) is 15.4. The minimum atomic E-state index is -1.67. The maximum absolute atomic E-state index is 13.9. The highest BCUT2D eigenvalue weighted by atomic mass is 16.7. The Morgan fingerprint density at radius 1 is 0.596 bits per heavy atom. The van der Waals surface area contributed by atoms with Gasteiger partial charge >= 0.3 is 11.9 Å². The first-order valence-electron chi connectivity index (χ1n) is 15.4. The second-order valence-corrected chi connectivity index (χ2v) is 11.2. The molecule has 0 radical (unpaired) electrons. The molecule has 0 aliphatic carbocycles. The number of esters is 2. The van der Waals surface area contributed by atoms with Gasteiger partial charge in [-0.05, 0) is 22.3 Å². The van der Waals surface area contributed by atoms with Crippen LogP contribution in [-0.2, 0) is 28.5 Å². The lowest BCUT2D eigenvalue weighted by Gasteiger charge is -2.39. The van der Waals surface area contributed by atoms with Crippen LogP contribution in [0.4, 0.5) is 0 Å². The Balaban J connectivity index is 1.38. The molecule has 10 nitrogen and oxygen atoms in total. The Hall–Kier alpha value is -4.42. The molecule has 0 saturated carbocycles. The maximum atomic E-state index is 13.9. The minimum Gasteiger partial charge on any atom is -0.461 e. The van der Waals surface area contributed by atoms with Crippen molar-refractivity contribution < 1.29 is 49.0 Å². The van der Waals surface area contributed by atoms with E-state index in [1.165, 1.54) is 0 Å². The average Bonchev–Trinajstić information content (AvgIpc) is 3.11. The molecule has 4 N–H and O–H groups in total. The van der Waals surface area contributed by atoms with Crippen LogP contribution in [0.15, 0.2) is 121 Å². The number of ether oxygens (including phenoxy) is 4. The summed E-state index contributed by atoms with van der Waals surface area (Å²) in [4.78, 5) is 27.6. The van der Waals surface area contributed by atoms with Gasteiger partial charge in [0.25, 0.3) is 0 Å². The molecule has 0 unspecified atom stereocenters. The number of benzene rings is 4. The van der Waals surface area contributed by atoms with E-state index in [-0.39, 0.29) is 0 Å². The van der Waals surface area contributed by atoms with E-state index in [1.807, 2.05) is 121 Å². The summed E-state index contributed by atoms with van der Waals surface area (Å²) in [6.45, 7) is -1.47. The van der Waals surface area contributed by atoms with Gasteiger partial charge in [-0.25, -0.2) is 0 Å². The van der Waals surface area contributed by atoms with Gasteiger partial charge in [0.05, 0.1) is 13.2 Å². The van der Waals surface area contributed by atoms with E-state index in [0.29, 0.717) is 22.3 Å². The molecule has 246 valence electrons. The Kier molecular flexibility index (Phi) is 11.9. The maximum Gasteiger partial charge on any atom is 0.318 e. The normalized spacial score (nSPS) is 21.7. The van der Waals surface area contributed by atoms with Crippen LogP contribution in [0.1, 0.15) is 34.1 Å². The number of carbonyl (C=O) groups excluding carboxylic acids is 2. The van der Waals surface area contributed by atoms with E-state index < -0.39 is 80.4 Å². The number of aliphatic hydroxyl groups excluding tert-OH is 4. The Labute approximate surface area is 272 Å². The number of hydrogen-bond donors (Lipinski definition) is 4. The van der Waals surface area contributed by atoms with Crippen LogP contribution in [0.5, 0.6) is 0 Å². The molecule has 5 rings (SSSR count). The zero-order valence-electron chi connectivity index (χ0n) is 25.5. The van der Waals surface area contributed by atoms with E-state index >= 15 is 0 Å². The molecule has 1 fully saturated rings. The SMILES string of the molecule is O=C(OC[C@H](CO[C@@H]1O[C@H](CO)[C@H](O)[C@H](O)[C@H]1O)OC(=O)C(c1ccccc1)c1ccccc1)C(c1ccccc1)c1ccccc1. The van der Waals surface area contributed by atoms with Gasteiger partial charge in [-0.1, -0.05) is 121 Å². The van der Waals surface area contributed by atoms with Crippen LogP contribution in [0, 0.1) is 0 Å². The third-order valence-electron chi connectivity index (χ3n) is 7.99. The molecule has 1 aliphatic rings. The molecular weight excluding hydrogens is 604 g/mol. The quantitative estimate of drug-likeness (QED) is 0.160. The van der Waals surface area contributed by atoms with Gasteiger partial charge in [-0.3, -0.25) is 9.59 Å². The third-order valence-corrected chi connectivity index (χ3v) is 7.99. The van der Waals surface area contributed by atoms with Crippen LogP contribution in [-0.4, -0.2) is 89.0 Å². The first kappa shape index (κ1) is 33.9. The molecule has 0 bridgehead atoms. The lowest BCUT2D eigenvalue weighted by atomic mass is 9.91. The third kappa shape index (κ3) is 8.49. The Bertz CT molecular complexity index is 1460. The zero-order chi connectivity index (χ0) is 33.2. The molecule has 10 heteroatoms. The lowest BCUT2D eigenvalue weighted by molar-refractivity contribution is -0.305. The predicted molar refractivity (Wildman–Crippen MR) is 170 cm³/mol.